The van der Waals surface area contributed by atoms with Crippen molar-refractivity contribution in [2.45, 2.75) is 26.8 Å². The molecule has 0 saturated carbocycles. The van der Waals surface area contributed by atoms with E-state index in [2.05, 4.69) is 26.2 Å². The van der Waals surface area contributed by atoms with E-state index in [4.69, 9.17) is 29.0 Å². The molecule has 2 nitrogen and oxygen atoms in total. The van der Waals surface area contributed by atoms with E-state index in [9.17, 15) is 0 Å². The molecule has 80 valence electrons. The van der Waals surface area contributed by atoms with Gasteiger partial charge in [0, 0.05) is 5.56 Å². The lowest BCUT2D eigenvalue weighted by molar-refractivity contribution is 0.276. The van der Waals surface area contributed by atoms with Gasteiger partial charge in [0.15, 0.2) is 0 Å². The Kier molecular flexibility index (Phi) is 3.83. The van der Waals surface area contributed by atoms with E-state index in [0.29, 0.717) is 8.67 Å². The third kappa shape index (κ3) is 2.61. The first-order valence-electron chi connectivity index (χ1n) is 4.27. The fourth-order valence-corrected chi connectivity index (χ4v) is 2.89. The van der Waals surface area contributed by atoms with Crippen LogP contribution in [0.1, 0.15) is 32.4 Å². The Bertz CT molecular complexity index is 317. The molecule has 1 rings (SSSR count). The number of hydrazine groups is 1. The predicted octanol–water partition coefficient (Wildman–Crippen LogP) is 3.61. The van der Waals surface area contributed by atoms with Crippen molar-refractivity contribution in [3.05, 3.63) is 20.3 Å². The van der Waals surface area contributed by atoms with Crippen LogP contribution in [0.5, 0.6) is 0 Å². The maximum atomic E-state index is 6.06. The van der Waals surface area contributed by atoms with Crippen LogP contribution in [0.4, 0.5) is 0 Å². The first-order chi connectivity index (χ1) is 6.36. The molecule has 0 radical (unpaired) electrons. The normalized spacial score (nSPS) is 14.4. The largest absolute Gasteiger partial charge is 0.271 e. The Morgan fingerprint density at radius 3 is 2.29 bits per heavy atom. The van der Waals surface area contributed by atoms with Crippen molar-refractivity contribution in [3.63, 3.8) is 0 Å². The second-order valence-electron chi connectivity index (χ2n) is 4.25. The molecule has 0 amide bonds. The minimum atomic E-state index is 0.00277. The number of hydrogen-bond acceptors (Lipinski definition) is 3. The third-order valence-electron chi connectivity index (χ3n) is 2.03. The molecule has 0 spiro atoms. The van der Waals surface area contributed by atoms with Crippen molar-refractivity contribution in [1.82, 2.24) is 5.43 Å². The molecule has 0 saturated heterocycles. The minimum Gasteiger partial charge on any atom is -0.271 e. The highest BCUT2D eigenvalue weighted by Crippen LogP contribution is 2.41. The van der Waals surface area contributed by atoms with E-state index in [1.54, 1.807) is 0 Å². The van der Waals surface area contributed by atoms with Gasteiger partial charge in [0.1, 0.15) is 0 Å². The average Bonchev–Trinajstić information content (AvgIpc) is 2.29. The van der Waals surface area contributed by atoms with Crippen LogP contribution in [-0.2, 0) is 0 Å². The molecular formula is C9H14Cl2N2S. The average molecular weight is 253 g/mol. The molecule has 0 bridgehead atoms. The molecule has 1 heterocycles. The number of halogens is 2. The van der Waals surface area contributed by atoms with Gasteiger partial charge in [0.2, 0.25) is 0 Å². The quantitative estimate of drug-likeness (QED) is 0.624. The highest BCUT2D eigenvalue weighted by atomic mass is 35.5. The van der Waals surface area contributed by atoms with Crippen molar-refractivity contribution >= 4 is 34.5 Å². The summed E-state index contributed by atoms with van der Waals surface area (Å²) in [6.07, 6.45) is 0. The smallest absolute Gasteiger partial charge is 0.0992 e. The second-order valence-corrected chi connectivity index (χ2v) is 6.53. The summed E-state index contributed by atoms with van der Waals surface area (Å²) in [5.41, 5.74) is 3.75. The van der Waals surface area contributed by atoms with E-state index in [-0.39, 0.29) is 11.5 Å². The van der Waals surface area contributed by atoms with Crippen molar-refractivity contribution in [3.8, 4) is 0 Å². The lowest BCUT2D eigenvalue weighted by Gasteiger charge is -2.29. The summed E-state index contributed by atoms with van der Waals surface area (Å²) in [6.45, 7) is 6.29. The summed E-state index contributed by atoms with van der Waals surface area (Å²) < 4.78 is 1.39. The predicted molar refractivity (Wildman–Crippen MR) is 63.9 cm³/mol. The Morgan fingerprint density at radius 2 is 2.00 bits per heavy atom. The van der Waals surface area contributed by atoms with Crippen LogP contribution in [0, 0.1) is 5.41 Å². The zero-order valence-corrected chi connectivity index (χ0v) is 10.7. The van der Waals surface area contributed by atoms with Crippen molar-refractivity contribution in [2.24, 2.45) is 11.3 Å². The summed E-state index contributed by atoms with van der Waals surface area (Å²) >= 11 is 13.3. The molecule has 0 aromatic carbocycles. The maximum Gasteiger partial charge on any atom is 0.0992 e. The summed E-state index contributed by atoms with van der Waals surface area (Å²) in [4.78, 5) is 0. The monoisotopic (exact) mass is 252 g/mol. The molecule has 5 heteroatoms. The summed E-state index contributed by atoms with van der Waals surface area (Å²) in [7, 11) is 0. The number of hydrogen-bond donors (Lipinski definition) is 2. The van der Waals surface area contributed by atoms with E-state index in [0.717, 1.165) is 5.56 Å². The SMILES string of the molecule is CC(C)(C)C(NN)c1cc(Cl)sc1Cl. The second kappa shape index (κ2) is 4.37. The fourth-order valence-electron chi connectivity index (χ4n) is 1.36. The molecular weight excluding hydrogens is 239 g/mol. The molecule has 0 aliphatic carbocycles. The molecule has 0 aliphatic heterocycles. The van der Waals surface area contributed by atoms with Gasteiger partial charge in [-0.05, 0) is 11.5 Å². The van der Waals surface area contributed by atoms with E-state index in [1.165, 1.54) is 11.3 Å². The molecule has 3 N–H and O–H groups in total. The van der Waals surface area contributed by atoms with Crippen LogP contribution < -0.4 is 11.3 Å². The van der Waals surface area contributed by atoms with Gasteiger partial charge in [-0.3, -0.25) is 11.3 Å². The zero-order valence-electron chi connectivity index (χ0n) is 8.40. The van der Waals surface area contributed by atoms with E-state index >= 15 is 0 Å². The van der Waals surface area contributed by atoms with Gasteiger partial charge in [0.25, 0.3) is 0 Å². The third-order valence-corrected chi connectivity index (χ3v) is 3.54. The minimum absolute atomic E-state index is 0.00277. The van der Waals surface area contributed by atoms with Gasteiger partial charge in [-0.1, -0.05) is 44.0 Å². The number of thiophene rings is 1. The number of nitrogens with two attached hydrogens (primary N) is 1. The Balaban J connectivity index is 3.07. The Labute approximate surface area is 98.4 Å². The fraction of sp³-hybridized carbons (Fsp3) is 0.556. The van der Waals surface area contributed by atoms with Crippen LogP contribution in [0.15, 0.2) is 6.07 Å². The van der Waals surface area contributed by atoms with Crippen molar-refractivity contribution < 1.29 is 0 Å². The highest BCUT2D eigenvalue weighted by molar-refractivity contribution is 7.20. The van der Waals surface area contributed by atoms with Crippen molar-refractivity contribution in [1.29, 1.82) is 0 Å². The first-order valence-corrected chi connectivity index (χ1v) is 5.84. The van der Waals surface area contributed by atoms with E-state index in [1.807, 2.05) is 6.07 Å². The van der Waals surface area contributed by atoms with E-state index < -0.39 is 0 Å². The molecule has 0 fully saturated rings. The van der Waals surface area contributed by atoms with Crippen LogP contribution in [0.25, 0.3) is 0 Å². The maximum absolute atomic E-state index is 6.06. The van der Waals surface area contributed by atoms with Crippen LogP contribution >= 0.6 is 34.5 Å². The molecule has 1 atom stereocenters. The summed E-state index contributed by atoms with van der Waals surface area (Å²) in [5, 5.41) is 0. The Hall–Kier alpha value is 0.200. The topological polar surface area (TPSA) is 38.0 Å². The first kappa shape index (κ1) is 12.3. The molecule has 0 aliphatic rings. The Morgan fingerprint density at radius 1 is 1.43 bits per heavy atom. The molecule has 1 aromatic heterocycles. The van der Waals surface area contributed by atoms with Gasteiger partial charge < -0.3 is 0 Å². The van der Waals surface area contributed by atoms with Gasteiger partial charge in [0.05, 0.1) is 14.7 Å². The summed E-state index contributed by atoms with van der Waals surface area (Å²) in [5.74, 6) is 5.52. The lowest BCUT2D eigenvalue weighted by Crippen LogP contribution is -2.36. The lowest BCUT2D eigenvalue weighted by atomic mass is 9.84. The van der Waals surface area contributed by atoms with Crippen LogP contribution in [0.2, 0.25) is 8.67 Å². The standard InChI is InChI=1S/C9H14Cl2N2S/c1-9(2,3)7(13-12)5-4-6(10)14-8(5)11/h4,7,13H,12H2,1-3H3. The van der Waals surface area contributed by atoms with Gasteiger partial charge in [-0.25, -0.2) is 0 Å². The molecule has 1 aromatic rings. The highest BCUT2D eigenvalue weighted by Gasteiger charge is 2.28. The van der Waals surface area contributed by atoms with Crippen molar-refractivity contribution in [2.75, 3.05) is 0 Å². The number of nitrogens with one attached hydrogen (secondary N) is 1. The van der Waals surface area contributed by atoms with Crippen LogP contribution in [-0.4, -0.2) is 0 Å². The van der Waals surface area contributed by atoms with Gasteiger partial charge in [-0.2, -0.15) is 0 Å². The number of rotatable bonds is 2. The van der Waals surface area contributed by atoms with Gasteiger partial charge >= 0.3 is 0 Å². The molecule has 14 heavy (non-hydrogen) atoms. The molecule has 1 unspecified atom stereocenters. The summed E-state index contributed by atoms with van der Waals surface area (Å²) in [6, 6.07) is 1.88. The van der Waals surface area contributed by atoms with Crippen LogP contribution in [0.3, 0.4) is 0 Å². The van der Waals surface area contributed by atoms with Gasteiger partial charge in [-0.15, -0.1) is 11.3 Å². The zero-order chi connectivity index (χ0) is 10.9.